The summed E-state index contributed by atoms with van der Waals surface area (Å²) < 4.78 is 62.4. The number of ether oxygens (including phenoxy) is 3. The van der Waals surface area contributed by atoms with E-state index in [2.05, 4.69) is 101 Å². The maximum absolute atomic E-state index is 13.3. The standard InChI is InChI=1S/C22H20FN3O.C14H16BrN3O.C10H8BrClN2O.C9H10BrNO.C8H5F.C5H11ClO3.C4H9N.CH2F.CH2O3.2K/c1-25-21(15-26-11-2-3-12-26)24-20-14-17(9-10-19(20)22(25)27)8-7-16-5-4-6-18(23)13-16;1-17-13(9-18-6-2-3-7-18)16-12-8-10(15)4-5-11(12)14(17)19;1-14-9(5-12)13-8-4-6(11)2-3-7(8)10(14)15;1-2-9(12)7-4-3-6(10)5-8(7)11;1-2-7-4-3-5-8(9)6-7;1-7-5(4-6,8-2)9-3;1-2-4-5-3-1;1-2;2-1-4-3;;/h4-6,9-10,13-14H,2-3,11-12,15H2,1H3;4-5,8H,2-3,6-7,9H2,1H3;2-4H,5H2,1H3;3-5H,2,11H2,1H3;1,3-6H;4H2,1-3H3;5H,1-4H2;1H2;1,3H;;/q;;;;;;;-1;;2*+1/i/hD. The Morgan fingerprint density at radius 1 is 0.644 bits per heavy atom. The summed E-state index contributed by atoms with van der Waals surface area (Å²) in [5.41, 5.74) is 10.8. The Labute approximate surface area is 726 Å². The molecular weight excluding hydrogens is 1630 g/mol. The van der Waals surface area contributed by atoms with Crippen molar-refractivity contribution in [2.45, 2.75) is 76.8 Å². The maximum Gasteiger partial charge on any atom is 1.00 e. The first kappa shape index (κ1) is 93.8. The molecule has 3 aromatic heterocycles. The zero-order chi connectivity index (χ0) is 76.0. The predicted octanol–water partition coefficient (Wildman–Crippen LogP) is 7.80. The fourth-order valence-corrected chi connectivity index (χ4v) is 11.6. The fraction of sp³-hybridized carbons (Fsp3) is 0.338. The first-order valence-corrected chi connectivity index (χ1v) is 35.3. The number of nitrogens with zero attached hydrogens (tertiary/aromatic N) is 8. The quantitative estimate of drug-likeness (QED) is 0.00953. The molecule has 6 aromatic carbocycles. The number of carbonyl (C=O) groups is 2. The van der Waals surface area contributed by atoms with Gasteiger partial charge in [0.25, 0.3) is 24.1 Å². The van der Waals surface area contributed by atoms with E-state index in [1.165, 1.54) is 102 Å². The van der Waals surface area contributed by atoms with Gasteiger partial charge in [-0.15, -0.1) is 29.6 Å². The summed E-state index contributed by atoms with van der Waals surface area (Å²) in [6, 6.07) is 33.8. The van der Waals surface area contributed by atoms with Crippen LogP contribution in [-0.2, 0) is 64.0 Å². The van der Waals surface area contributed by atoms with Crippen LogP contribution in [-0.4, -0.2) is 128 Å². The number of methoxy groups -OCH3 is 3. The number of hydrogen-bond acceptors (Lipinski definition) is 17. The molecular formula is C74H83Br3Cl2F3K2N10O10+. The average Bonchev–Trinajstić information content (AvgIpc) is 1.19. The number of likely N-dealkylation sites (tertiary alicyclic amines) is 2. The third-order valence-electron chi connectivity index (χ3n) is 15.6. The van der Waals surface area contributed by atoms with E-state index in [4.69, 9.17) is 60.8 Å². The summed E-state index contributed by atoms with van der Waals surface area (Å²) in [6.45, 7) is 10.1. The number of halogens is 8. The van der Waals surface area contributed by atoms with Gasteiger partial charge < -0.3 is 34.5 Å². The van der Waals surface area contributed by atoms with Crippen molar-refractivity contribution in [2.75, 3.05) is 72.2 Å². The SMILES string of the molecule is C#Cc1cccc(F)c1.C1CCNC1.CCC(=O)c1ccc(Br)cc1N.COC(CCl)(OC)OC.Cn1c(CCl)nc2cc(Br)ccc2c1=O.Cn1c(CN2CCCC2)nc2cc(Br)ccc2c1=O.Cn1c(CN2CCCC2)nc2cc(C#Cc3cccc(F)c3)ccc2c1=O.[2H]OOC=O.[CH2-]F.[K+].[K+]. The van der Waals surface area contributed by atoms with Gasteiger partial charge in [0.2, 0.25) is 0 Å². The summed E-state index contributed by atoms with van der Waals surface area (Å²) in [4.78, 5) is 78.7. The van der Waals surface area contributed by atoms with Crippen molar-refractivity contribution in [1.29, 1.82) is 1.43 Å². The number of hydrogen-bond donors (Lipinski definition) is 3. The maximum atomic E-state index is 13.3. The van der Waals surface area contributed by atoms with Crippen LogP contribution in [0.1, 0.15) is 96.4 Å². The Morgan fingerprint density at radius 2 is 1.05 bits per heavy atom. The number of nitrogen functional groups attached to an aromatic ring is 1. The van der Waals surface area contributed by atoms with Crippen molar-refractivity contribution in [3.8, 4) is 24.2 Å². The van der Waals surface area contributed by atoms with Crippen LogP contribution in [0.25, 0.3) is 34.1 Å². The van der Waals surface area contributed by atoms with Crippen molar-refractivity contribution in [1.82, 2.24) is 43.8 Å². The van der Waals surface area contributed by atoms with Crippen LogP contribution < -0.4 is 130 Å². The smallest absolute Gasteiger partial charge is 0.463 e. The number of nitrogens with one attached hydrogen (secondary N) is 1. The zero-order valence-corrected chi connectivity index (χ0v) is 72.2. The molecule has 0 spiro atoms. The second kappa shape index (κ2) is 51.8. The summed E-state index contributed by atoms with van der Waals surface area (Å²) in [7, 11) is 11.4. The molecule has 3 aliphatic heterocycles. The van der Waals surface area contributed by atoms with E-state index in [1.54, 1.807) is 85.0 Å². The number of rotatable bonds is 13. The normalized spacial score (nSPS) is 12.7. The largest absolute Gasteiger partial charge is 1.00 e. The average molecular weight is 1720 g/mol. The van der Waals surface area contributed by atoms with Gasteiger partial charge >= 0.3 is 109 Å². The van der Waals surface area contributed by atoms with Gasteiger partial charge in [-0.1, -0.05) is 84.6 Å². The number of fused-ring (bicyclic) bond motifs is 3. The molecule has 20 nitrogen and oxygen atoms in total. The van der Waals surface area contributed by atoms with Crippen LogP contribution in [0.4, 0.5) is 18.9 Å². The molecule has 104 heavy (non-hydrogen) atoms. The molecule has 0 unspecified atom stereocenters. The van der Waals surface area contributed by atoms with Crippen LogP contribution in [0.5, 0.6) is 0 Å². The number of carbonyl (C=O) groups excluding carboxylic acids is 2. The number of nitrogens with two attached hydrogens (primary N) is 1. The summed E-state index contributed by atoms with van der Waals surface area (Å²) in [6.07, 6.45) is 13.1. The Bertz CT molecular complexity index is 4490. The summed E-state index contributed by atoms with van der Waals surface area (Å²) >= 11 is 21.2. The van der Waals surface area contributed by atoms with Crippen LogP contribution in [0, 0.1) is 43.0 Å². The number of Topliss-reactive ketones (excluding diaryl/α,β-unsaturated/α-hetero) is 1. The van der Waals surface area contributed by atoms with Gasteiger partial charge in [0.15, 0.2) is 5.78 Å². The first-order chi connectivity index (χ1) is 49.5. The first-order valence-electron chi connectivity index (χ1n) is 32.2. The molecule has 0 radical (unpaired) electrons. The minimum atomic E-state index is -1.07. The monoisotopic (exact) mass is 1710 g/mol. The van der Waals surface area contributed by atoms with Crippen molar-refractivity contribution >= 4 is 122 Å². The Kier molecular flexibility index (Phi) is 46.8. The summed E-state index contributed by atoms with van der Waals surface area (Å²) in [5.74, 6) is 9.30. The van der Waals surface area contributed by atoms with E-state index in [9.17, 15) is 32.3 Å². The molecule has 4 N–H and O–H groups in total. The van der Waals surface area contributed by atoms with Gasteiger partial charge in [-0.05, 0) is 187 Å². The molecule has 30 heteroatoms. The van der Waals surface area contributed by atoms with E-state index in [-0.39, 0.29) is 155 Å². The predicted molar refractivity (Wildman–Crippen MR) is 408 cm³/mol. The van der Waals surface area contributed by atoms with Gasteiger partial charge in [0.1, 0.15) is 35.0 Å². The molecule has 6 heterocycles. The second-order valence-corrected chi connectivity index (χ2v) is 25.6. The van der Waals surface area contributed by atoms with Crippen molar-refractivity contribution < 1.29 is 150 Å². The number of terminal acetylenes is 1. The Hall–Kier alpha value is -4.40. The number of ketones is 1. The van der Waals surface area contributed by atoms with Gasteiger partial charge in [0.05, 0.1) is 51.7 Å². The molecule has 0 amide bonds. The molecule has 3 fully saturated rings. The van der Waals surface area contributed by atoms with E-state index in [0.717, 1.165) is 68.9 Å². The van der Waals surface area contributed by atoms with Gasteiger partial charge in [0, 0.05) is 90.3 Å². The summed E-state index contributed by atoms with van der Waals surface area (Å²) in [5, 5.41) is 8.16. The van der Waals surface area contributed by atoms with E-state index in [0.29, 0.717) is 68.4 Å². The van der Waals surface area contributed by atoms with Gasteiger partial charge in [-0.25, -0.2) is 29.0 Å². The van der Waals surface area contributed by atoms with Gasteiger partial charge in [-0.3, -0.25) is 47.5 Å². The van der Waals surface area contributed by atoms with Crippen LogP contribution in [0.15, 0.2) is 149 Å². The van der Waals surface area contributed by atoms with E-state index in [1.807, 2.05) is 56.4 Å². The third-order valence-corrected chi connectivity index (χ3v) is 17.6. The fourth-order valence-electron chi connectivity index (χ4n) is 9.96. The number of aromatic nitrogens is 6. The molecule has 3 saturated heterocycles. The minimum Gasteiger partial charge on any atom is -0.463 e. The molecule has 0 bridgehead atoms. The number of alkyl halides is 2. The van der Waals surface area contributed by atoms with Gasteiger partial charge in [-0.2, -0.15) is 7.18 Å². The topological polar surface area (TPSA) is 240 Å². The van der Waals surface area contributed by atoms with Crippen LogP contribution in [0.3, 0.4) is 0 Å². The number of benzene rings is 6. The Balaban J connectivity index is 0.000000428. The molecule has 3 aliphatic rings. The molecule has 0 saturated carbocycles. The minimum absolute atomic E-state index is 0. The second-order valence-electron chi connectivity index (χ2n) is 22.3. The van der Waals surface area contributed by atoms with Crippen molar-refractivity contribution in [3.05, 3.63) is 224 Å². The van der Waals surface area contributed by atoms with Crippen molar-refractivity contribution in [3.63, 3.8) is 0 Å². The van der Waals surface area contributed by atoms with E-state index < -0.39 is 5.97 Å². The van der Waals surface area contributed by atoms with Crippen LogP contribution >= 0.6 is 71.0 Å². The third kappa shape index (κ3) is 31.3. The molecule has 9 aromatic rings. The van der Waals surface area contributed by atoms with Crippen molar-refractivity contribution in [2.24, 2.45) is 21.1 Å². The molecule has 546 valence electrons. The molecule has 12 rings (SSSR count). The number of anilines is 1. The molecule has 0 atom stereocenters. The molecule has 0 aliphatic carbocycles. The zero-order valence-electron chi connectivity index (χ0n) is 60.7. The van der Waals surface area contributed by atoms with E-state index >= 15 is 0 Å². The Morgan fingerprint density at radius 3 is 1.40 bits per heavy atom. The van der Waals surface area contributed by atoms with Crippen LogP contribution in [0.2, 0.25) is 0 Å².